The molecule has 0 unspecified atom stereocenters. The number of ether oxygens (including phenoxy) is 3. The minimum Gasteiger partial charge on any atom is -0.504 e. The molecule has 0 saturated heterocycles. The van der Waals surface area contributed by atoms with E-state index in [9.17, 15) is 70.2 Å². The van der Waals surface area contributed by atoms with Gasteiger partial charge in [-0.3, -0.25) is 0 Å². The number of carbonyl (C=O) groups excluding carboxylic acids is 3. The van der Waals surface area contributed by atoms with Gasteiger partial charge in [-0.25, -0.2) is 19.2 Å². The highest BCUT2D eigenvalue weighted by Gasteiger charge is 2.58. The predicted octanol–water partition coefficient (Wildman–Crippen LogP) is -0.812. The number of hydrogen-bond donors (Lipinski definition) is 10. The second kappa shape index (κ2) is 14.5. The summed E-state index contributed by atoms with van der Waals surface area (Å²) in [5, 5.41) is 101. The van der Waals surface area contributed by atoms with Gasteiger partial charge in [0.25, 0.3) is 0 Å². The van der Waals surface area contributed by atoms with Gasteiger partial charge in [0.2, 0.25) is 5.60 Å². The topological polar surface area (TPSA) is 298 Å². The smallest absolute Gasteiger partial charge is 0.348 e. The predicted molar refractivity (Wildman–Crippen MR) is 161 cm³/mol. The maximum absolute atomic E-state index is 13.4. The van der Waals surface area contributed by atoms with Crippen molar-refractivity contribution in [1.82, 2.24) is 0 Å². The Labute approximate surface area is 276 Å². The van der Waals surface area contributed by atoms with Crippen LogP contribution in [0.5, 0.6) is 23.0 Å². The number of aliphatic hydroxyl groups is 5. The third-order valence-electron chi connectivity index (χ3n) is 8.12. The quantitative estimate of drug-likeness (QED) is 0.0666. The molecule has 0 aromatic heterocycles. The molecule has 10 N–H and O–H groups in total. The molecule has 0 bridgehead atoms. The summed E-state index contributed by atoms with van der Waals surface area (Å²) in [5.74, 6) is -7.54. The first kappa shape index (κ1) is 36.6. The second-order valence-corrected chi connectivity index (χ2v) is 11.8. The summed E-state index contributed by atoms with van der Waals surface area (Å²) in [4.78, 5) is 50.8. The van der Waals surface area contributed by atoms with E-state index in [0.29, 0.717) is 0 Å². The maximum Gasteiger partial charge on any atom is 0.348 e. The number of carboxylic acid groups (broad SMARTS) is 1. The molecule has 17 heteroatoms. The molecular formula is C32H34O17. The van der Waals surface area contributed by atoms with Gasteiger partial charge in [-0.05, 0) is 47.5 Å². The lowest BCUT2D eigenvalue weighted by Crippen LogP contribution is -2.62. The third kappa shape index (κ3) is 8.45. The normalized spacial score (nSPS) is 30.1. The van der Waals surface area contributed by atoms with E-state index in [2.05, 4.69) is 0 Å². The number of phenolic OH excluding ortho intramolecular Hbond substituents is 4. The summed E-state index contributed by atoms with van der Waals surface area (Å²) >= 11 is 0. The van der Waals surface area contributed by atoms with Gasteiger partial charge in [-0.2, -0.15) is 0 Å². The SMILES string of the molecule is O=C(C=Cc1ccc(O)c(O)c1)O[C@H]1C[C@@](O)(C(=O)O[C@@]2(C(=O)O)C[C@H](OC(=O)C=Cc3ccc(O)c(O)c3)[C@@H](O)[C@@H](O)C2)C[C@H](O)[C@@H]1O. The number of hydrogen-bond acceptors (Lipinski definition) is 16. The van der Waals surface area contributed by atoms with Gasteiger partial charge in [-0.15, -0.1) is 0 Å². The fraction of sp³-hybridized carbons (Fsp3) is 0.375. The van der Waals surface area contributed by atoms with Crippen molar-refractivity contribution >= 4 is 36.0 Å². The molecule has 4 rings (SSSR count). The lowest BCUT2D eigenvalue weighted by Gasteiger charge is -2.44. The summed E-state index contributed by atoms with van der Waals surface area (Å²) in [6.45, 7) is 0. The Balaban J connectivity index is 1.47. The van der Waals surface area contributed by atoms with E-state index in [1.807, 2.05) is 0 Å². The summed E-state index contributed by atoms with van der Waals surface area (Å²) < 4.78 is 15.5. The zero-order valence-corrected chi connectivity index (χ0v) is 25.4. The second-order valence-electron chi connectivity index (χ2n) is 11.8. The summed E-state index contributed by atoms with van der Waals surface area (Å²) in [6.07, 6.45) is -10.5. The number of carbonyl (C=O) groups is 4. The van der Waals surface area contributed by atoms with Gasteiger partial charge in [-0.1, -0.05) is 12.1 Å². The monoisotopic (exact) mass is 690 g/mol. The lowest BCUT2D eigenvalue weighted by molar-refractivity contribution is -0.228. The highest BCUT2D eigenvalue weighted by molar-refractivity contribution is 5.89. The van der Waals surface area contributed by atoms with Crippen LogP contribution in [0.3, 0.4) is 0 Å². The van der Waals surface area contributed by atoms with Gasteiger partial charge in [0.15, 0.2) is 28.6 Å². The van der Waals surface area contributed by atoms with Crippen LogP contribution in [0.2, 0.25) is 0 Å². The number of benzene rings is 2. The molecule has 49 heavy (non-hydrogen) atoms. The van der Waals surface area contributed by atoms with Crippen molar-refractivity contribution in [3.05, 3.63) is 59.7 Å². The van der Waals surface area contributed by atoms with Crippen molar-refractivity contribution in [2.24, 2.45) is 0 Å². The summed E-state index contributed by atoms with van der Waals surface area (Å²) in [5.41, 5.74) is -4.93. The van der Waals surface area contributed by atoms with Crippen molar-refractivity contribution in [3.8, 4) is 23.0 Å². The number of carboxylic acids is 1. The Hall–Kier alpha value is -5.20. The molecule has 0 spiro atoms. The highest BCUT2D eigenvalue weighted by Crippen LogP contribution is 2.39. The van der Waals surface area contributed by atoms with Crippen LogP contribution in [0.25, 0.3) is 12.2 Å². The van der Waals surface area contributed by atoms with Crippen LogP contribution in [0.1, 0.15) is 36.8 Å². The molecule has 2 saturated carbocycles. The van der Waals surface area contributed by atoms with Crippen molar-refractivity contribution in [3.63, 3.8) is 0 Å². The maximum atomic E-state index is 13.4. The molecule has 0 radical (unpaired) electrons. The molecule has 8 atom stereocenters. The van der Waals surface area contributed by atoms with Crippen LogP contribution in [-0.4, -0.2) is 123 Å². The van der Waals surface area contributed by atoms with Crippen molar-refractivity contribution < 1.29 is 84.5 Å². The average Bonchev–Trinajstić information content (AvgIpc) is 3.03. The molecule has 0 heterocycles. The van der Waals surface area contributed by atoms with Crippen LogP contribution in [0, 0.1) is 0 Å². The molecule has 0 amide bonds. The van der Waals surface area contributed by atoms with E-state index in [0.717, 1.165) is 42.5 Å². The Morgan fingerprint density at radius 3 is 1.55 bits per heavy atom. The van der Waals surface area contributed by atoms with E-state index in [4.69, 9.17) is 14.2 Å². The van der Waals surface area contributed by atoms with Crippen LogP contribution < -0.4 is 0 Å². The average molecular weight is 691 g/mol. The third-order valence-corrected chi connectivity index (χ3v) is 8.12. The Bertz CT molecular complexity index is 1650. The zero-order chi connectivity index (χ0) is 36.3. The minimum atomic E-state index is -2.75. The Morgan fingerprint density at radius 1 is 0.653 bits per heavy atom. The molecule has 264 valence electrons. The van der Waals surface area contributed by atoms with Crippen LogP contribution in [-0.2, 0) is 33.4 Å². The summed E-state index contributed by atoms with van der Waals surface area (Å²) in [7, 11) is 0. The number of aliphatic carboxylic acids is 1. The largest absolute Gasteiger partial charge is 0.504 e. The Kier molecular flexibility index (Phi) is 10.8. The summed E-state index contributed by atoms with van der Waals surface area (Å²) in [6, 6.07) is 7.22. The highest BCUT2D eigenvalue weighted by atomic mass is 16.6. The van der Waals surface area contributed by atoms with Crippen LogP contribution in [0.4, 0.5) is 0 Å². The molecule has 0 aliphatic heterocycles. The van der Waals surface area contributed by atoms with E-state index >= 15 is 0 Å². The van der Waals surface area contributed by atoms with Gasteiger partial charge in [0.1, 0.15) is 24.4 Å². The molecule has 2 fully saturated rings. The molecule has 2 aromatic carbocycles. The van der Waals surface area contributed by atoms with Crippen molar-refractivity contribution in [1.29, 1.82) is 0 Å². The van der Waals surface area contributed by atoms with Crippen molar-refractivity contribution in [2.45, 2.75) is 73.5 Å². The number of esters is 3. The fourth-order valence-corrected chi connectivity index (χ4v) is 5.44. The molecule has 2 aliphatic carbocycles. The molecule has 2 aliphatic rings. The number of phenols is 4. The van der Waals surface area contributed by atoms with E-state index in [-0.39, 0.29) is 11.1 Å². The van der Waals surface area contributed by atoms with E-state index < -0.39 is 120 Å². The lowest BCUT2D eigenvalue weighted by atomic mass is 9.77. The van der Waals surface area contributed by atoms with E-state index in [1.54, 1.807) is 0 Å². The first-order valence-electron chi connectivity index (χ1n) is 14.7. The van der Waals surface area contributed by atoms with Gasteiger partial charge in [0, 0.05) is 37.8 Å². The van der Waals surface area contributed by atoms with Crippen LogP contribution >= 0.6 is 0 Å². The standard InChI is InChI=1S/C32H34O17/c33-17-5-1-15(9-19(17)35)3-7-25(39)47-23-13-31(46,11-21(37)27(23)41)30(45)49-32(29(43)44)12-22(38)28(42)24(14-32)48-26(40)8-4-16-2-6-18(34)20(36)10-16/h1-10,21-24,27-28,33-38,41-42,46H,11-14H2,(H,43,44)/t21-,22-,23-,24-,27-,28-,31+,32+/m0/s1. The van der Waals surface area contributed by atoms with Gasteiger partial charge < -0.3 is 65.3 Å². The minimum absolute atomic E-state index is 0.246. The molecule has 17 nitrogen and oxygen atoms in total. The number of rotatable bonds is 9. The number of aliphatic hydroxyl groups excluding tert-OH is 4. The van der Waals surface area contributed by atoms with Crippen LogP contribution in [0.15, 0.2) is 48.6 Å². The van der Waals surface area contributed by atoms with Gasteiger partial charge in [0.05, 0.1) is 12.2 Å². The van der Waals surface area contributed by atoms with Crippen molar-refractivity contribution in [2.75, 3.05) is 0 Å². The number of aromatic hydroxyl groups is 4. The first-order valence-corrected chi connectivity index (χ1v) is 14.7. The van der Waals surface area contributed by atoms with Gasteiger partial charge >= 0.3 is 23.9 Å². The Morgan fingerprint density at radius 2 is 1.10 bits per heavy atom. The molecule has 2 aromatic rings. The zero-order valence-electron chi connectivity index (χ0n) is 25.4. The molecular weight excluding hydrogens is 656 g/mol. The van der Waals surface area contributed by atoms with E-state index in [1.165, 1.54) is 18.2 Å². The first-order chi connectivity index (χ1) is 22.9. The fourth-order valence-electron chi connectivity index (χ4n) is 5.44.